The molecule has 0 bridgehead atoms. The third-order valence-corrected chi connectivity index (χ3v) is 3.66. The molecule has 2 nitrogen and oxygen atoms in total. The van der Waals surface area contributed by atoms with Crippen LogP contribution in [0.5, 0.6) is 0 Å². The number of Topliss-reactive ketones (excluding diaryl/α,β-unsaturated/α-hetero) is 1. The van der Waals surface area contributed by atoms with Gasteiger partial charge in [0, 0.05) is 12.0 Å². The van der Waals surface area contributed by atoms with Crippen molar-refractivity contribution in [3.05, 3.63) is 35.1 Å². The van der Waals surface area contributed by atoms with Crippen LogP contribution in [0.15, 0.2) is 18.2 Å². The van der Waals surface area contributed by atoms with Gasteiger partial charge in [0.2, 0.25) is 0 Å². The zero-order valence-electron chi connectivity index (χ0n) is 10.8. The van der Waals surface area contributed by atoms with Gasteiger partial charge in [-0.3, -0.25) is 4.79 Å². The minimum atomic E-state index is -0.247. The Kier molecular flexibility index (Phi) is 4.48. The first-order chi connectivity index (χ1) is 8.66. The molecule has 3 heteroatoms. The number of aryl methyl sites for hydroxylation is 1. The molecular formula is C15H20FNO. The van der Waals surface area contributed by atoms with Gasteiger partial charge >= 0.3 is 0 Å². The second kappa shape index (κ2) is 6.10. The van der Waals surface area contributed by atoms with Crippen LogP contribution < -0.4 is 5.32 Å². The first-order valence-corrected chi connectivity index (χ1v) is 6.67. The summed E-state index contributed by atoms with van der Waals surface area (Å²) in [5.74, 6) is 0.496. The maximum Gasteiger partial charge on any atom is 0.162 e. The van der Waals surface area contributed by atoms with E-state index in [0.717, 1.165) is 19.5 Å². The molecule has 1 fully saturated rings. The summed E-state index contributed by atoms with van der Waals surface area (Å²) in [4.78, 5) is 12.0. The van der Waals surface area contributed by atoms with Gasteiger partial charge in [0.25, 0.3) is 0 Å². The maximum absolute atomic E-state index is 13.1. The summed E-state index contributed by atoms with van der Waals surface area (Å²) in [6.07, 6.45) is 3.91. The molecule has 0 aliphatic carbocycles. The molecule has 0 spiro atoms. The van der Waals surface area contributed by atoms with Crippen molar-refractivity contribution in [2.24, 2.45) is 5.92 Å². The highest BCUT2D eigenvalue weighted by Gasteiger charge is 2.15. The number of nitrogens with one attached hydrogen (secondary N) is 1. The summed E-state index contributed by atoms with van der Waals surface area (Å²) >= 11 is 0. The minimum absolute atomic E-state index is 0.128. The molecular weight excluding hydrogens is 229 g/mol. The minimum Gasteiger partial charge on any atom is -0.316 e. The van der Waals surface area contributed by atoms with Gasteiger partial charge in [0.15, 0.2) is 5.78 Å². The van der Waals surface area contributed by atoms with Crippen LogP contribution in [0.4, 0.5) is 4.39 Å². The summed E-state index contributed by atoms with van der Waals surface area (Å²) in [5.41, 5.74) is 1.18. The number of carbonyl (C=O) groups is 1. The fraction of sp³-hybridized carbons (Fsp3) is 0.533. The van der Waals surface area contributed by atoms with Crippen LogP contribution in [-0.4, -0.2) is 18.9 Å². The average Bonchev–Trinajstić information content (AvgIpc) is 2.40. The van der Waals surface area contributed by atoms with Crippen LogP contribution in [0.2, 0.25) is 0 Å². The molecule has 18 heavy (non-hydrogen) atoms. The van der Waals surface area contributed by atoms with E-state index in [4.69, 9.17) is 0 Å². The van der Waals surface area contributed by atoms with E-state index in [0.29, 0.717) is 23.5 Å². The van der Waals surface area contributed by atoms with Crippen molar-refractivity contribution in [1.82, 2.24) is 5.32 Å². The quantitative estimate of drug-likeness (QED) is 0.831. The first kappa shape index (κ1) is 13.2. The first-order valence-electron chi connectivity index (χ1n) is 6.67. The van der Waals surface area contributed by atoms with Gasteiger partial charge < -0.3 is 5.32 Å². The molecule has 1 heterocycles. The Balaban J connectivity index is 1.88. The summed E-state index contributed by atoms with van der Waals surface area (Å²) in [5, 5.41) is 3.35. The largest absolute Gasteiger partial charge is 0.316 e. The third-order valence-electron chi connectivity index (χ3n) is 3.66. The molecule has 2 rings (SSSR count). The average molecular weight is 249 g/mol. The molecule has 1 saturated heterocycles. The number of carbonyl (C=O) groups excluding carboxylic acids is 1. The highest BCUT2D eigenvalue weighted by Crippen LogP contribution is 2.18. The second-order valence-corrected chi connectivity index (χ2v) is 5.14. The van der Waals surface area contributed by atoms with Crippen LogP contribution in [0.1, 0.15) is 41.6 Å². The predicted octanol–water partition coefficient (Wildman–Crippen LogP) is 3.10. The zero-order valence-corrected chi connectivity index (χ0v) is 10.8. The number of ketones is 1. The van der Waals surface area contributed by atoms with Gasteiger partial charge in [-0.25, -0.2) is 4.39 Å². The van der Waals surface area contributed by atoms with Crippen LogP contribution in [0.25, 0.3) is 0 Å². The van der Waals surface area contributed by atoms with Crippen molar-refractivity contribution >= 4 is 5.78 Å². The molecule has 1 atom stereocenters. The molecule has 0 radical (unpaired) electrons. The van der Waals surface area contributed by atoms with Crippen molar-refractivity contribution < 1.29 is 9.18 Å². The van der Waals surface area contributed by atoms with E-state index in [1.807, 2.05) is 0 Å². The van der Waals surface area contributed by atoms with E-state index >= 15 is 0 Å². The summed E-state index contributed by atoms with van der Waals surface area (Å²) < 4.78 is 13.1. The molecule has 1 N–H and O–H groups in total. The van der Waals surface area contributed by atoms with Gasteiger partial charge in [0.1, 0.15) is 5.82 Å². The van der Waals surface area contributed by atoms with E-state index in [9.17, 15) is 9.18 Å². The monoisotopic (exact) mass is 249 g/mol. The van der Waals surface area contributed by atoms with Crippen molar-refractivity contribution in [3.8, 4) is 0 Å². The van der Waals surface area contributed by atoms with Gasteiger partial charge in [-0.1, -0.05) is 0 Å². The van der Waals surface area contributed by atoms with Crippen molar-refractivity contribution in [2.75, 3.05) is 13.1 Å². The molecule has 0 aromatic heterocycles. The van der Waals surface area contributed by atoms with Gasteiger partial charge in [0.05, 0.1) is 0 Å². The van der Waals surface area contributed by atoms with Gasteiger partial charge in [-0.15, -0.1) is 0 Å². The lowest BCUT2D eigenvalue weighted by Gasteiger charge is -2.22. The molecule has 98 valence electrons. The number of hydrogen-bond donors (Lipinski definition) is 1. The smallest absolute Gasteiger partial charge is 0.162 e. The SMILES string of the molecule is Cc1cc(C(=O)CCC2CCCNC2)ccc1F. The van der Waals surface area contributed by atoms with Crippen LogP contribution in [-0.2, 0) is 0 Å². The maximum atomic E-state index is 13.1. The number of hydrogen-bond acceptors (Lipinski definition) is 2. The van der Waals surface area contributed by atoms with Crippen LogP contribution >= 0.6 is 0 Å². The second-order valence-electron chi connectivity index (χ2n) is 5.14. The Morgan fingerprint density at radius 2 is 2.33 bits per heavy atom. The van der Waals surface area contributed by atoms with E-state index in [-0.39, 0.29) is 11.6 Å². The molecule has 1 aliphatic heterocycles. The number of piperidine rings is 1. The lowest BCUT2D eigenvalue weighted by molar-refractivity contribution is 0.0971. The molecule has 0 saturated carbocycles. The summed E-state index contributed by atoms with van der Waals surface area (Å²) in [6.45, 7) is 3.81. The third kappa shape index (κ3) is 3.39. The Morgan fingerprint density at radius 3 is 3.00 bits per heavy atom. The van der Waals surface area contributed by atoms with Gasteiger partial charge in [-0.05, 0) is 69.0 Å². The highest BCUT2D eigenvalue weighted by atomic mass is 19.1. The van der Waals surface area contributed by atoms with Crippen LogP contribution in [0, 0.1) is 18.7 Å². The molecule has 1 aliphatic rings. The summed E-state index contributed by atoms with van der Waals surface area (Å²) in [7, 11) is 0. The van der Waals surface area contributed by atoms with E-state index < -0.39 is 0 Å². The van der Waals surface area contributed by atoms with E-state index in [1.54, 1.807) is 19.1 Å². The Morgan fingerprint density at radius 1 is 1.50 bits per heavy atom. The fourth-order valence-electron chi connectivity index (χ4n) is 2.47. The van der Waals surface area contributed by atoms with Gasteiger partial charge in [-0.2, -0.15) is 0 Å². The molecule has 1 aromatic rings. The number of rotatable bonds is 4. The van der Waals surface area contributed by atoms with Crippen LogP contribution in [0.3, 0.4) is 0 Å². The summed E-state index contributed by atoms with van der Waals surface area (Å²) in [6, 6.07) is 4.62. The zero-order chi connectivity index (χ0) is 13.0. The van der Waals surface area contributed by atoms with Crippen molar-refractivity contribution in [3.63, 3.8) is 0 Å². The highest BCUT2D eigenvalue weighted by molar-refractivity contribution is 5.96. The Hall–Kier alpha value is -1.22. The normalized spacial score (nSPS) is 19.8. The Bertz CT molecular complexity index is 425. The lowest BCUT2D eigenvalue weighted by Crippen LogP contribution is -2.30. The standard InChI is InChI=1S/C15H20FNO/c1-11-9-13(5-6-14(11)16)15(18)7-4-12-3-2-8-17-10-12/h5-6,9,12,17H,2-4,7-8,10H2,1H3. The molecule has 1 aromatic carbocycles. The topological polar surface area (TPSA) is 29.1 Å². The van der Waals surface area contributed by atoms with E-state index in [1.165, 1.54) is 18.9 Å². The Labute approximate surface area is 108 Å². The number of benzene rings is 1. The molecule has 0 amide bonds. The predicted molar refractivity (Wildman–Crippen MR) is 70.3 cm³/mol. The van der Waals surface area contributed by atoms with E-state index in [2.05, 4.69) is 5.32 Å². The fourth-order valence-corrected chi connectivity index (χ4v) is 2.47. The number of halogens is 1. The van der Waals surface area contributed by atoms with Crippen molar-refractivity contribution in [2.45, 2.75) is 32.6 Å². The molecule has 1 unspecified atom stereocenters. The lowest BCUT2D eigenvalue weighted by atomic mass is 9.92. The van der Waals surface area contributed by atoms with Crippen molar-refractivity contribution in [1.29, 1.82) is 0 Å².